The van der Waals surface area contributed by atoms with Gasteiger partial charge in [-0.3, -0.25) is 4.79 Å². The van der Waals surface area contributed by atoms with E-state index in [0.29, 0.717) is 19.6 Å². The third kappa shape index (κ3) is 6.23. The minimum absolute atomic E-state index is 0.000169. The average Bonchev–Trinajstić information content (AvgIpc) is 2.38. The van der Waals surface area contributed by atoms with Gasteiger partial charge in [0.05, 0.1) is 6.61 Å². The molecule has 1 aliphatic rings. The second kappa shape index (κ2) is 8.79. The summed E-state index contributed by atoms with van der Waals surface area (Å²) in [5, 5.41) is 2.80. The highest BCUT2D eigenvalue weighted by Crippen LogP contribution is 2.13. The minimum atomic E-state index is -0.399. The summed E-state index contributed by atoms with van der Waals surface area (Å²) in [6.45, 7) is 5.44. The number of alkyl carbamates (subject to hydrolysis) is 1. The number of nitrogens with two attached hydrogens (primary N) is 1. The Hall–Kier alpha value is -1.30. The predicted molar refractivity (Wildman–Crippen MR) is 77.3 cm³/mol. The van der Waals surface area contributed by atoms with E-state index in [1.54, 1.807) is 6.92 Å². The van der Waals surface area contributed by atoms with Gasteiger partial charge in [0.1, 0.15) is 0 Å². The third-order valence-electron chi connectivity index (χ3n) is 3.42. The van der Waals surface area contributed by atoms with E-state index in [2.05, 4.69) is 5.32 Å². The Morgan fingerprint density at radius 2 is 2.25 bits per heavy atom. The number of carbonyl (C=O) groups is 2. The topological polar surface area (TPSA) is 84.7 Å². The highest BCUT2D eigenvalue weighted by Gasteiger charge is 2.24. The molecule has 1 rings (SSSR count). The lowest BCUT2D eigenvalue weighted by molar-refractivity contribution is -0.132. The monoisotopic (exact) mass is 285 g/mol. The zero-order valence-corrected chi connectivity index (χ0v) is 12.6. The van der Waals surface area contributed by atoms with Crippen LogP contribution in [-0.4, -0.2) is 48.7 Å². The first-order chi connectivity index (χ1) is 9.52. The Morgan fingerprint density at radius 1 is 1.50 bits per heavy atom. The lowest BCUT2D eigenvalue weighted by Gasteiger charge is -2.33. The van der Waals surface area contributed by atoms with Crippen molar-refractivity contribution in [3.8, 4) is 0 Å². The van der Waals surface area contributed by atoms with Gasteiger partial charge in [-0.15, -0.1) is 0 Å². The van der Waals surface area contributed by atoms with Gasteiger partial charge in [-0.05, 0) is 39.5 Å². The van der Waals surface area contributed by atoms with Crippen molar-refractivity contribution in [2.75, 3.05) is 19.7 Å². The van der Waals surface area contributed by atoms with Gasteiger partial charge < -0.3 is 20.7 Å². The van der Waals surface area contributed by atoms with Gasteiger partial charge in [-0.1, -0.05) is 0 Å². The van der Waals surface area contributed by atoms with Gasteiger partial charge in [-0.25, -0.2) is 4.79 Å². The lowest BCUT2D eigenvalue weighted by atomic mass is 10.0. The first kappa shape index (κ1) is 16.8. The maximum absolute atomic E-state index is 12.1. The standard InChI is InChI=1S/C14H27N3O3/c1-3-20-14(19)16-12-7-5-9-17(10-12)13(18)8-4-6-11(2)15/h11-12H,3-10,15H2,1-2H3,(H,16,19). The number of nitrogens with one attached hydrogen (secondary N) is 1. The molecule has 20 heavy (non-hydrogen) atoms. The summed E-state index contributed by atoms with van der Waals surface area (Å²) < 4.78 is 4.86. The van der Waals surface area contributed by atoms with Crippen LogP contribution in [-0.2, 0) is 9.53 Å². The number of likely N-dealkylation sites (tertiary alicyclic amines) is 1. The van der Waals surface area contributed by atoms with Gasteiger partial charge in [0, 0.05) is 31.6 Å². The number of ether oxygens (including phenoxy) is 1. The molecule has 1 fully saturated rings. The molecule has 2 unspecified atom stereocenters. The van der Waals surface area contributed by atoms with E-state index in [9.17, 15) is 9.59 Å². The number of rotatable bonds is 6. The summed E-state index contributed by atoms with van der Waals surface area (Å²) in [5.74, 6) is 0.154. The fourth-order valence-corrected chi connectivity index (χ4v) is 2.39. The van der Waals surface area contributed by atoms with Crippen molar-refractivity contribution in [2.24, 2.45) is 5.73 Å². The van der Waals surface area contributed by atoms with Gasteiger partial charge in [0.25, 0.3) is 0 Å². The second-order valence-electron chi connectivity index (χ2n) is 5.41. The van der Waals surface area contributed by atoms with Crippen LogP contribution in [0.15, 0.2) is 0 Å². The molecule has 1 heterocycles. The van der Waals surface area contributed by atoms with Crippen molar-refractivity contribution in [3.05, 3.63) is 0 Å². The van der Waals surface area contributed by atoms with Crippen LogP contribution in [0, 0.1) is 0 Å². The summed E-state index contributed by atoms with van der Waals surface area (Å²) in [5.41, 5.74) is 5.68. The Kier molecular flexibility index (Phi) is 7.36. The van der Waals surface area contributed by atoms with Crippen molar-refractivity contribution < 1.29 is 14.3 Å². The van der Waals surface area contributed by atoms with E-state index >= 15 is 0 Å². The second-order valence-corrected chi connectivity index (χ2v) is 5.41. The maximum atomic E-state index is 12.1. The van der Waals surface area contributed by atoms with E-state index in [4.69, 9.17) is 10.5 Å². The van der Waals surface area contributed by atoms with Crippen LogP contribution in [0.5, 0.6) is 0 Å². The molecule has 0 bridgehead atoms. The van der Waals surface area contributed by atoms with Gasteiger partial charge >= 0.3 is 6.09 Å². The summed E-state index contributed by atoms with van der Waals surface area (Å²) in [6, 6.07) is 0.141. The van der Waals surface area contributed by atoms with E-state index in [1.807, 2.05) is 11.8 Å². The molecular formula is C14H27N3O3. The average molecular weight is 285 g/mol. The molecule has 116 valence electrons. The number of hydrogen-bond acceptors (Lipinski definition) is 4. The third-order valence-corrected chi connectivity index (χ3v) is 3.42. The SMILES string of the molecule is CCOC(=O)NC1CCCN(C(=O)CCCC(C)N)C1. The van der Waals surface area contributed by atoms with Crippen LogP contribution in [0.1, 0.15) is 46.0 Å². The van der Waals surface area contributed by atoms with Crippen molar-refractivity contribution in [3.63, 3.8) is 0 Å². The highest BCUT2D eigenvalue weighted by molar-refractivity contribution is 5.76. The van der Waals surface area contributed by atoms with E-state index < -0.39 is 6.09 Å². The quantitative estimate of drug-likeness (QED) is 0.769. The van der Waals surface area contributed by atoms with Crippen LogP contribution in [0.2, 0.25) is 0 Å². The molecule has 2 atom stereocenters. The maximum Gasteiger partial charge on any atom is 0.407 e. The Labute approximate surface area is 121 Å². The largest absolute Gasteiger partial charge is 0.450 e. The van der Waals surface area contributed by atoms with Gasteiger partial charge in [0.15, 0.2) is 0 Å². The van der Waals surface area contributed by atoms with Crippen LogP contribution in [0.4, 0.5) is 4.79 Å². The number of nitrogens with zero attached hydrogens (tertiary/aromatic N) is 1. The molecule has 6 nitrogen and oxygen atoms in total. The number of hydrogen-bond donors (Lipinski definition) is 2. The van der Waals surface area contributed by atoms with Crippen LogP contribution in [0.25, 0.3) is 0 Å². The molecule has 0 spiro atoms. The molecule has 6 heteroatoms. The first-order valence-electron chi connectivity index (χ1n) is 7.49. The summed E-state index contributed by atoms with van der Waals surface area (Å²) in [6.07, 6.45) is 3.63. The van der Waals surface area contributed by atoms with Crippen LogP contribution < -0.4 is 11.1 Å². The molecular weight excluding hydrogens is 258 g/mol. The normalized spacial score (nSPS) is 20.4. The van der Waals surface area contributed by atoms with Crippen LogP contribution >= 0.6 is 0 Å². The molecule has 2 amide bonds. The van der Waals surface area contributed by atoms with Gasteiger partial charge in [0.2, 0.25) is 5.91 Å². The summed E-state index contributed by atoms with van der Waals surface area (Å²) in [7, 11) is 0. The van der Waals surface area contributed by atoms with Crippen molar-refractivity contribution >= 4 is 12.0 Å². The number of piperidine rings is 1. The molecule has 1 aliphatic heterocycles. The molecule has 0 radical (unpaired) electrons. The molecule has 0 aromatic heterocycles. The summed E-state index contributed by atoms with van der Waals surface area (Å²) >= 11 is 0. The molecule has 0 saturated carbocycles. The summed E-state index contributed by atoms with van der Waals surface area (Å²) in [4.78, 5) is 25.3. The first-order valence-corrected chi connectivity index (χ1v) is 7.49. The number of amides is 2. The predicted octanol–water partition coefficient (Wildman–Crippen LogP) is 1.24. The van der Waals surface area contributed by atoms with Crippen molar-refractivity contribution in [1.29, 1.82) is 0 Å². The van der Waals surface area contributed by atoms with Crippen molar-refractivity contribution in [1.82, 2.24) is 10.2 Å². The van der Waals surface area contributed by atoms with E-state index in [0.717, 1.165) is 32.2 Å². The van der Waals surface area contributed by atoms with Gasteiger partial charge in [-0.2, -0.15) is 0 Å². The Morgan fingerprint density at radius 3 is 2.90 bits per heavy atom. The zero-order valence-electron chi connectivity index (χ0n) is 12.6. The fraction of sp³-hybridized carbons (Fsp3) is 0.857. The minimum Gasteiger partial charge on any atom is -0.450 e. The zero-order chi connectivity index (χ0) is 15.0. The molecule has 0 aromatic carbocycles. The molecule has 0 aromatic rings. The molecule has 1 saturated heterocycles. The van der Waals surface area contributed by atoms with E-state index in [1.165, 1.54) is 0 Å². The smallest absolute Gasteiger partial charge is 0.407 e. The lowest BCUT2D eigenvalue weighted by Crippen LogP contribution is -2.49. The fourth-order valence-electron chi connectivity index (χ4n) is 2.39. The number of carbonyl (C=O) groups excluding carboxylic acids is 2. The highest BCUT2D eigenvalue weighted by atomic mass is 16.5. The molecule has 0 aliphatic carbocycles. The van der Waals surface area contributed by atoms with Crippen LogP contribution in [0.3, 0.4) is 0 Å². The van der Waals surface area contributed by atoms with E-state index in [-0.39, 0.29) is 18.0 Å². The molecule has 3 N–H and O–H groups in total. The Balaban J connectivity index is 2.32. The van der Waals surface area contributed by atoms with Crippen molar-refractivity contribution in [2.45, 2.75) is 58.0 Å². The Bertz CT molecular complexity index is 321.